The largest absolute Gasteiger partial charge is 0.455 e. The van der Waals surface area contributed by atoms with Crippen LogP contribution in [0.2, 0.25) is 0 Å². The molecule has 0 bridgehead atoms. The van der Waals surface area contributed by atoms with Crippen molar-refractivity contribution in [2.45, 2.75) is 12.8 Å². The third kappa shape index (κ3) is 1.91. The van der Waals surface area contributed by atoms with Gasteiger partial charge in [0.2, 0.25) is 0 Å². The first-order valence-corrected chi connectivity index (χ1v) is 11.3. The lowest BCUT2D eigenvalue weighted by atomic mass is 9.89. The van der Waals surface area contributed by atoms with Gasteiger partial charge in [-0.1, -0.05) is 66.7 Å². The van der Waals surface area contributed by atoms with Crippen molar-refractivity contribution in [2.24, 2.45) is 0 Å². The van der Waals surface area contributed by atoms with E-state index in [1.54, 1.807) is 0 Å². The molecule has 2 aliphatic rings. The van der Waals surface area contributed by atoms with E-state index in [1.807, 2.05) is 0 Å². The molecule has 8 rings (SSSR count). The lowest BCUT2D eigenvalue weighted by molar-refractivity contribution is 0.667. The molecule has 1 aliphatic carbocycles. The van der Waals surface area contributed by atoms with Crippen molar-refractivity contribution in [3.8, 4) is 16.8 Å². The van der Waals surface area contributed by atoms with Crippen LogP contribution in [0.1, 0.15) is 18.4 Å². The third-order valence-electron chi connectivity index (χ3n) is 7.23. The Morgan fingerprint density at radius 1 is 0.688 bits per heavy atom. The summed E-state index contributed by atoms with van der Waals surface area (Å²) in [6, 6.07) is 30.6. The summed E-state index contributed by atoms with van der Waals surface area (Å²) in [4.78, 5) is 0. The quantitative estimate of drug-likeness (QED) is 0.289. The van der Waals surface area contributed by atoms with E-state index >= 15 is 0 Å². The van der Waals surface area contributed by atoms with E-state index in [0.29, 0.717) is 0 Å². The molecule has 0 unspecified atom stereocenters. The van der Waals surface area contributed by atoms with Crippen LogP contribution in [0.4, 0.5) is 0 Å². The normalized spacial score (nSPS) is 14.2. The van der Waals surface area contributed by atoms with Crippen LogP contribution in [0, 0.1) is 0 Å². The van der Waals surface area contributed by atoms with Crippen LogP contribution >= 0.6 is 0 Å². The van der Waals surface area contributed by atoms with Gasteiger partial charge in [-0.05, 0) is 48.2 Å². The number of hydrogen-bond acceptors (Lipinski definition) is 1. The number of rotatable bonds is 0. The van der Waals surface area contributed by atoms with Crippen molar-refractivity contribution in [1.29, 1.82) is 0 Å². The van der Waals surface area contributed by atoms with E-state index in [2.05, 4.69) is 95.6 Å². The number of fused-ring (bicyclic) bond motifs is 12. The lowest BCUT2D eigenvalue weighted by Gasteiger charge is -2.14. The van der Waals surface area contributed by atoms with E-state index in [0.717, 1.165) is 24.0 Å². The maximum Gasteiger partial charge on any atom is 0.143 e. The average Bonchev–Trinajstić information content (AvgIpc) is 3.35. The highest BCUT2D eigenvalue weighted by Gasteiger charge is 2.27. The zero-order chi connectivity index (χ0) is 20.8. The summed E-state index contributed by atoms with van der Waals surface area (Å²) in [6.45, 7) is 0. The second-order valence-corrected chi connectivity index (χ2v) is 8.82. The average molecular weight is 409 g/mol. The molecule has 0 radical (unpaired) electrons. The Bertz CT molecular complexity index is 1880. The van der Waals surface area contributed by atoms with Crippen molar-refractivity contribution in [1.82, 2.24) is 4.57 Å². The molecule has 6 aromatic rings. The standard InChI is InChI=1S/C30H19NO/c1-4-13-25-18(8-1)21-16-17-23-20-10-3-6-15-27(20)32-30(23)28(21)24-12-7-11-22-19-9-2-5-14-26(19)31(25)29(22)24/h1-6,8-11,13-17H,7,12H2. The Morgan fingerprint density at radius 2 is 1.50 bits per heavy atom. The fourth-order valence-corrected chi connectivity index (χ4v) is 5.95. The monoisotopic (exact) mass is 409 g/mol. The van der Waals surface area contributed by atoms with Gasteiger partial charge in [0, 0.05) is 32.5 Å². The first-order valence-electron chi connectivity index (χ1n) is 11.3. The smallest absolute Gasteiger partial charge is 0.143 e. The molecule has 32 heavy (non-hydrogen) atoms. The summed E-state index contributed by atoms with van der Waals surface area (Å²) in [5, 5.41) is 6.40. The summed E-state index contributed by atoms with van der Waals surface area (Å²) >= 11 is 0. The van der Waals surface area contributed by atoms with Gasteiger partial charge >= 0.3 is 0 Å². The Hall–Kier alpha value is -4.04. The molecular formula is C30H19NO. The molecule has 4 aromatic carbocycles. The van der Waals surface area contributed by atoms with Crippen LogP contribution in [-0.4, -0.2) is 4.57 Å². The molecule has 0 saturated carbocycles. The van der Waals surface area contributed by atoms with Crippen molar-refractivity contribution >= 4 is 44.5 Å². The van der Waals surface area contributed by atoms with Gasteiger partial charge in [-0.2, -0.15) is 0 Å². The highest BCUT2D eigenvalue weighted by Crippen LogP contribution is 2.43. The molecule has 0 fully saturated rings. The van der Waals surface area contributed by atoms with Crippen LogP contribution in [0.3, 0.4) is 0 Å². The Balaban J connectivity index is 1.71. The SMILES string of the molecule is C1=c2c3n(c4ccccc24)-c2ccccc2-c2ccc4c(oc5ccccc54)c2C=3CC1. The van der Waals surface area contributed by atoms with Crippen molar-refractivity contribution < 1.29 is 4.42 Å². The molecule has 0 N–H and O–H groups in total. The minimum Gasteiger partial charge on any atom is -0.455 e. The maximum atomic E-state index is 6.57. The molecule has 2 nitrogen and oxygen atoms in total. The Kier molecular flexibility index (Phi) is 3.01. The number of benzene rings is 4. The minimum absolute atomic E-state index is 0.956. The number of furan rings is 1. The number of hydrogen-bond donors (Lipinski definition) is 0. The highest BCUT2D eigenvalue weighted by atomic mass is 16.3. The number of aromatic nitrogens is 1. The number of nitrogens with zero attached hydrogens (tertiary/aromatic N) is 1. The molecule has 2 heteroatoms. The summed E-state index contributed by atoms with van der Waals surface area (Å²) in [6.07, 6.45) is 4.48. The van der Waals surface area contributed by atoms with E-state index in [1.165, 1.54) is 60.2 Å². The fraction of sp³-hybridized carbons (Fsp3) is 0.0667. The predicted molar refractivity (Wildman–Crippen MR) is 131 cm³/mol. The topological polar surface area (TPSA) is 18.1 Å². The molecule has 2 aromatic heterocycles. The summed E-state index contributed by atoms with van der Waals surface area (Å²) in [5.74, 6) is 0. The molecule has 0 spiro atoms. The zero-order valence-corrected chi connectivity index (χ0v) is 17.4. The van der Waals surface area contributed by atoms with Gasteiger partial charge in [-0.3, -0.25) is 0 Å². The first kappa shape index (κ1) is 16.6. The van der Waals surface area contributed by atoms with Crippen molar-refractivity contribution in [3.05, 3.63) is 101 Å². The van der Waals surface area contributed by atoms with Gasteiger partial charge < -0.3 is 8.98 Å². The summed E-state index contributed by atoms with van der Waals surface area (Å²) < 4.78 is 9.05. The van der Waals surface area contributed by atoms with Crippen LogP contribution in [-0.2, 0) is 0 Å². The fourth-order valence-electron chi connectivity index (χ4n) is 5.95. The van der Waals surface area contributed by atoms with Gasteiger partial charge in [0.1, 0.15) is 11.2 Å². The molecule has 0 amide bonds. The molecule has 0 atom stereocenters. The van der Waals surface area contributed by atoms with E-state index < -0.39 is 0 Å². The number of para-hydroxylation sites is 3. The molecular weight excluding hydrogens is 390 g/mol. The van der Waals surface area contributed by atoms with Gasteiger partial charge in [0.25, 0.3) is 0 Å². The van der Waals surface area contributed by atoms with Crippen molar-refractivity contribution in [2.75, 3.05) is 0 Å². The highest BCUT2D eigenvalue weighted by molar-refractivity contribution is 6.11. The molecule has 150 valence electrons. The minimum atomic E-state index is 0.956. The Labute approximate surface area is 184 Å². The summed E-state index contributed by atoms with van der Waals surface area (Å²) in [7, 11) is 0. The van der Waals surface area contributed by atoms with E-state index in [4.69, 9.17) is 4.42 Å². The van der Waals surface area contributed by atoms with Gasteiger partial charge in [-0.25, -0.2) is 0 Å². The van der Waals surface area contributed by atoms with Crippen LogP contribution in [0.15, 0.2) is 89.3 Å². The van der Waals surface area contributed by atoms with Gasteiger partial charge in [0.15, 0.2) is 0 Å². The van der Waals surface area contributed by atoms with Gasteiger partial charge in [-0.15, -0.1) is 0 Å². The first-order chi connectivity index (χ1) is 15.9. The second-order valence-electron chi connectivity index (χ2n) is 8.82. The zero-order valence-electron chi connectivity index (χ0n) is 17.4. The van der Waals surface area contributed by atoms with Gasteiger partial charge in [0.05, 0.1) is 16.6 Å². The molecule has 1 aliphatic heterocycles. The van der Waals surface area contributed by atoms with E-state index in [9.17, 15) is 0 Å². The van der Waals surface area contributed by atoms with Crippen LogP contribution in [0.5, 0.6) is 0 Å². The Morgan fingerprint density at radius 3 is 2.47 bits per heavy atom. The maximum absolute atomic E-state index is 6.57. The van der Waals surface area contributed by atoms with Crippen LogP contribution < -0.4 is 10.6 Å². The third-order valence-corrected chi connectivity index (χ3v) is 7.23. The summed E-state index contributed by atoms with van der Waals surface area (Å²) in [5.41, 5.74) is 9.67. The van der Waals surface area contributed by atoms with E-state index in [-0.39, 0.29) is 0 Å². The van der Waals surface area contributed by atoms with Crippen molar-refractivity contribution in [3.63, 3.8) is 0 Å². The van der Waals surface area contributed by atoms with Crippen LogP contribution in [0.25, 0.3) is 61.3 Å². The predicted octanol–water partition coefficient (Wildman–Crippen LogP) is 6.28. The molecule has 0 saturated heterocycles. The lowest BCUT2D eigenvalue weighted by Crippen LogP contribution is -2.33. The molecule has 3 heterocycles. The second kappa shape index (κ2) is 5.80.